The number of aryl methyl sites for hydroxylation is 1. The molecule has 4 rings (SSSR count). The van der Waals surface area contributed by atoms with Crippen LogP contribution < -0.4 is 0 Å². The van der Waals surface area contributed by atoms with E-state index in [0.29, 0.717) is 50.0 Å². The second kappa shape index (κ2) is 8.31. The number of rotatable bonds is 7. The number of hydrogen-bond donors (Lipinski definition) is 0. The van der Waals surface area contributed by atoms with Crippen LogP contribution in [0.4, 0.5) is 0 Å². The van der Waals surface area contributed by atoms with E-state index in [2.05, 4.69) is 15.1 Å². The third-order valence-corrected chi connectivity index (χ3v) is 4.82. The van der Waals surface area contributed by atoms with Gasteiger partial charge in [-0.1, -0.05) is 35.5 Å². The maximum absolute atomic E-state index is 12.5. The lowest BCUT2D eigenvalue weighted by Crippen LogP contribution is -2.48. The van der Waals surface area contributed by atoms with E-state index in [4.69, 9.17) is 9.26 Å². The molecular weight excluding hydrogens is 356 g/mol. The number of ether oxygens (including phenoxy) is 1. The molecule has 144 valence electrons. The lowest BCUT2D eigenvalue weighted by Gasteiger charge is -2.37. The molecule has 28 heavy (non-hydrogen) atoms. The average molecular weight is 378 g/mol. The first kappa shape index (κ1) is 18.3. The molecule has 1 saturated heterocycles. The molecule has 2 aromatic heterocycles. The van der Waals surface area contributed by atoms with Crippen molar-refractivity contribution in [2.24, 2.45) is 0 Å². The summed E-state index contributed by atoms with van der Waals surface area (Å²) in [6.45, 7) is 4.11. The van der Waals surface area contributed by atoms with Gasteiger partial charge in [-0.2, -0.15) is 4.98 Å². The standard InChI is InChI=1S/C21H22N4O3/c1-15-18(8-5-10-22-15)21(26)25-12-17(13-25)20-23-19(24-28-20)9-11-27-14-16-6-3-2-4-7-16/h2-8,10,17H,9,11-14H2,1H3. The zero-order valence-electron chi connectivity index (χ0n) is 15.7. The molecule has 1 aliphatic rings. The highest BCUT2D eigenvalue weighted by Crippen LogP contribution is 2.27. The Morgan fingerprint density at radius 1 is 1.21 bits per heavy atom. The lowest BCUT2D eigenvalue weighted by atomic mass is 9.98. The summed E-state index contributed by atoms with van der Waals surface area (Å²) in [6, 6.07) is 13.6. The number of aromatic nitrogens is 3. The number of likely N-dealkylation sites (tertiary alicyclic amines) is 1. The second-order valence-corrected chi connectivity index (χ2v) is 6.88. The summed E-state index contributed by atoms with van der Waals surface area (Å²) in [4.78, 5) is 22.9. The minimum Gasteiger partial charge on any atom is -0.376 e. The normalized spacial score (nSPS) is 14.1. The summed E-state index contributed by atoms with van der Waals surface area (Å²) in [5, 5.41) is 4.03. The third-order valence-electron chi connectivity index (χ3n) is 4.82. The minimum absolute atomic E-state index is 0.00380. The van der Waals surface area contributed by atoms with Gasteiger partial charge in [-0.05, 0) is 24.6 Å². The summed E-state index contributed by atoms with van der Waals surface area (Å²) in [6.07, 6.45) is 2.29. The van der Waals surface area contributed by atoms with Crippen molar-refractivity contribution in [2.75, 3.05) is 19.7 Å². The topological polar surface area (TPSA) is 81.4 Å². The Morgan fingerprint density at radius 2 is 2.04 bits per heavy atom. The molecule has 0 N–H and O–H groups in total. The number of nitrogens with zero attached hydrogens (tertiary/aromatic N) is 4. The molecule has 0 bridgehead atoms. The number of hydrogen-bond acceptors (Lipinski definition) is 6. The Kier molecular flexibility index (Phi) is 5.43. The second-order valence-electron chi connectivity index (χ2n) is 6.88. The molecule has 1 amide bonds. The molecule has 1 aliphatic heterocycles. The van der Waals surface area contributed by atoms with Gasteiger partial charge in [0.15, 0.2) is 5.82 Å². The molecule has 7 nitrogen and oxygen atoms in total. The number of amides is 1. The monoisotopic (exact) mass is 378 g/mol. The van der Waals surface area contributed by atoms with E-state index < -0.39 is 0 Å². The van der Waals surface area contributed by atoms with Gasteiger partial charge in [0.1, 0.15) is 0 Å². The van der Waals surface area contributed by atoms with Crippen molar-refractivity contribution in [1.82, 2.24) is 20.0 Å². The van der Waals surface area contributed by atoms with Crippen LogP contribution in [0.1, 0.15) is 39.2 Å². The van der Waals surface area contributed by atoms with Gasteiger partial charge in [-0.25, -0.2) is 0 Å². The van der Waals surface area contributed by atoms with Crippen LogP contribution in [-0.2, 0) is 17.8 Å². The first-order valence-corrected chi connectivity index (χ1v) is 9.36. The molecule has 3 heterocycles. The molecule has 3 aromatic rings. The molecule has 0 atom stereocenters. The number of pyridine rings is 1. The van der Waals surface area contributed by atoms with Gasteiger partial charge in [-0.3, -0.25) is 9.78 Å². The van der Waals surface area contributed by atoms with E-state index in [1.54, 1.807) is 23.2 Å². The van der Waals surface area contributed by atoms with Gasteiger partial charge in [-0.15, -0.1) is 0 Å². The molecule has 0 aliphatic carbocycles. The van der Waals surface area contributed by atoms with E-state index in [1.807, 2.05) is 37.3 Å². The fourth-order valence-electron chi connectivity index (χ4n) is 3.14. The highest BCUT2D eigenvalue weighted by Gasteiger charge is 2.36. The van der Waals surface area contributed by atoms with Crippen LogP contribution in [0.25, 0.3) is 0 Å². The van der Waals surface area contributed by atoms with E-state index in [0.717, 1.165) is 11.3 Å². The van der Waals surface area contributed by atoms with Crippen molar-refractivity contribution in [3.8, 4) is 0 Å². The molecule has 7 heteroatoms. The van der Waals surface area contributed by atoms with E-state index >= 15 is 0 Å². The molecule has 1 fully saturated rings. The quantitative estimate of drug-likeness (QED) is 0.588. The third kappa shape index (κ3) is 4.09. The summed E-state index contributed by atoms with van der Waals surface area (Å²) in [5.41, 5.74) is 2.52. The predicted octanol–water partition coefficient (Wildman–Crippen LogP) is 2.77. The summed E-state index contributed by atoms with van der Waals surface area (Å²) in [7, 11) is 0. The first-order chi connectivity index (χ1) is 13.7. The van der Waals surface area contributed by atoms with Crippen LogP contribution in [0.3, 0.4) is 0 Å². The minimum atomic E-state index is -0.00380. The van der Waals surface area contributed by atoms with Crippen molar-refractivity contribution in [2.45, 2.75) is 25.9 Å². The Morgan fingerprint density at radius 3 is 2.82 bits per heavy atom. The zero-order chi connectivity index (χ0) is 19.3. The zero-order valence-corrected chi connectivity index (χ0v) is 15.7. The first-order valence-electron chi connectivity index (χ1n) is 9.36. The highest BCUT2D eigenvalue weighted by molar-refractivity contribution is 5.95. The maximum Gasteiger partial charge on any atom is 0.255 e. The van der Waals surface area contributed by atoms with Crippen molar-refractivity contribution in [1.29, 1.82) is 0 Å². The van der Waals surface area contributed by atoms with Crippen LogP contribution in [0.2, 0.25) is 0 Å². The van der Waals surface area contributed by atoms with Crippen molar-refractivity contribution in [3.05, 3.63) is 77.2 Å². The van der Waals surface area contributed by atoms with Gasteiger partial charge in [0.25, 0.3) is 5.91 Å². The number of carbonyl (C=O) groups is 1. The van der Waals surface area contributed by atoms with Gasteiger partial charge < -0.3 is 14.2 Å². The Bertz CT molecular complexity index is 936. The number of carbonyl (C=O) groups excluding carboxylic acids is 1. The van der Waals surface area contributed by atoms with Crippen LogP contribution >= 0.6 is 0 Å². The van der Waals surface area contributed by atoms with E-state index in [1.165, 1.54) is 0 Å². The Balaban J connectivity index is 1.23. The van der Waals surface area contributed by atoms with E-state index in [9.17, 15) is 4.79 Å². The van der Waals surface area contributed by atoms with Gasteiger partial charge >= 0.3 is 0 Å². The van der Waals surface area contributed by atoms with Crippen LogP contribution in [0.5, 0.6) is 0 Å². The smallest absolute Gasteiger partial charge is 0.255 e. The molecule has 0 radical (unpaired) electrons. The SMILES string of the molecule is Cc1ncccc1C(=O)N1CC(c2nc(CCOCc3ccccc3)no2)C1. The average Bonchev–Trinajstić information content (AvgIpc) is 3.13. The lowest BCUT2D eigenvalue weighted by molar-refractivity contribution is 0.0568. The van der Waals surface area contributed by atoms with Crippen molar-refractivity contribution < 1.29 is 14.1 Å². The fraction of sp³-hybridized carbons (Fsp3) is 0.333. The van der Waals surface area contributed by atoms with Crippen LogP contribution in [0, 0.1) is 6.92 Å². The molecular formula is C21H22N4O3. The molecule has 0 spiro atoms. The van der Waals surface area contributed by atoms with Crippen LogP contribution in [0.15, 0.2) is 53.2 Å². The van der Waals surface area contributed by atoms with Gasteiger partial charge in [0, 0.05) is 31.4 Å². The van der Waals surface area contributed by atoms with E-state index in [-0.39, 0.29) is 11.8 Å². The summed E-state index contributed by atoms with van der Waals surface area (Å²) in [5.74, 6) is 1.31. The van der Waals surface area contributed by atoms with Crippen LogP contribution in [-0.4, -0.2) is 45.6 Å². The van der Waals surface area contributed by atoms with Gasteiger partial charge in [0.05, 0.1) is 24.7 Å². The predicted molar refractivity (Wildman–Crippen MR) is 102 cm³/mol. The van der Waals surface area contributed by atoms with Crippen molar-refractivity contribution >= 4 is 5.91 Å². The molecule has 1 aromatic carbocycles. The summed E-state index contributed by atoms with van der Waals surface area (Å²) >= 11 is 0. The Labute approximate surface area is 163 Å². The van der Waals surface area contributed by atoms with Gasteiger partial charge in [0.2, 0.25) is 5.89 Å². The Hall–Kier alpha value is -3.06. The maximum atomic E-state index is 12.5. The molecule has 0 saturated carbocycles. The number of benzene rings is 1. The largest absolute Gasteiger partial charge is 0.376 e. The molecule has 0 unspecified atom stereocenters. The highest BCUT2D eigenvalue weighted by atomic mass is 16.5. The fourth-order valence-corrected chi connectivity index (χ4v) is 3.14. The van der Waals surface area contributed by atoms with Crippen molar-refractivity contribution in [3.63, 3.8) is 0 Å². The summed E-state index contributed by atoms with van der Waals surface area (Å²) < 4.78 is 11.0.